The molecule has 2 bridgehead atoms. The molecule has 3 saturated heterocycles. The summed E-state index contributed by atoms with van der Waals surface area (Å²) in [6, 6.07) is 15.5. The minimum atomic E-state index is -0.638. The van der Waals surface area contributed by atoms with Crippen LogP contribution in [0.25, 0.3) is 0 Å². The number of ether oxygens (including phenoxy) is 1. The highest BCUT2D eigenvalue weighted by Crippen LogP contribution is 2.36. The lowest BCUT2D eigenvalue weighted by Gasteiger charge is -2.51. The van der Waals surface area contributed by atoms with Crippen LogP contribution in [0.1, 0.15) is 28.1 Å². The maximum atomic E-state index is 14.7. The molecule has 1 aromatic heterocycles. The van der Waals surface area contributed by atoms with Crippen LogP contribution < -0.4 is 4.90 Å². The van der Waals surface area contributed by atoms with Crippen molar-refractivity contribution in [3.63, 3.8) is 0 Å². The van der Waals surface area contributed by atoms with Gasteiger partial charge in [-0.15, -0.1) is 11.3 Å². The zero-order chi connectivity index (χ0) is 24.4. The number of para-hydroxylation sites is 1. The molecule has 35 heavy (non-hydrogen) atoms. The second kappa shape index (κ2) is 9.87. The smallest absolute Gasteiger partial charge is 0.415 e. The van der Waals surface area contributed by atoms with Crippen LogP contribution >= 0.6 is 11.3 Å². The third-order valence-corrected chi connectivity index (χ3v) is 8.10. The van der Waals surface area contributed by atoms with Gasteiger partial charge in [-0.3, -0.25) is 9.69 Å². The van der Waals surface area contributed by atoms with E-state index in [1.165, 1.54) is 40.5 Å². The van der Waals surface area contributed by atoms with Crippen molar-refractivity contribution in [3.8, 4) is 0 Å². The van der Waals surface area contributed by atoms with Gasteiger partial charge < -0.3 is 9.22 Å². The number of anilines is 1. The first kappa shape index (κ1) is 23.6. The highest BCUT2D eigenvalue weighted by Gasteiger charge is 2.49. The number of thiophene rings is 1. The van der Waals surface area contributed by atoms with Crippen LogP contribution in [0, 0.1) is 17.6 Å². The molecular formula is C27H27F2N2O3S+. The van der Waals surface area contributed by atoms with E-state index in [2.05, 4.69) is 0 Å². The number of nitrogens with zero attached hydrogens (tertiary/aromatic N) is 2. The number of ketones is 1. The summed E-state index contributed by atoms with van der Waals surface area (Å²) in [6.45, 7) is 2.81. The average Bonchev–Trinajstić information content (AvgIpc) is 3.40. The Morgan fingerprint density at radius 1 is 1.00 bits per heavy atom. The van der Waals surface area contributed by atoms with Gasteiger partial charge in [0.2, 0.25) is 5.78 Å². The van der Waals surface area contributed by atoms with Crippen LogP contribution in [-0.2, 0) is 11.3 Å². The van der Waals surface area contributed by atoms with E-state index in [1.54, 1.807) is 24.3 Å². The lowest BCUT2D eigenvalue weighted by Crippen LogP contribution is -2.66. The molecule has 0 N–H and O–H groups in total. The molecule has 3 fully saturated rings. The number of Topliss-reactive ketones (excluding diaryl/α,β-unsaturated/α-hetero) is 1. The predicted molar refractivity (Wildman–Crippen MR) is 130 cm³/mol. The van der Waals surface area contributed by atoms with Gasteiger partial charge in [-0.2, -0.15) is 0 Å². The summed E-state index contributed by atoms with van der Waals surface area (Å²) in [5, 5.41) is 1.90. The fourth-order valence-electron chi connectivity index (χ4n) is 5.28. The summed E-state index contributed by atoms with van der Waals surface area (Å²) in [5.41, 5.74) is 0.769. The average molecular weight is 498 g/mol. The molecule has 0 spiro atoms. The molecule has 1 amide bonds. The molecule has 0 radical (unpaired) electrons. The molecular weight excluding hydrogens is 470 g/mol. The molecule has 0 aliphatic carbocycles. The van der Waals surface area contributed by atoms with E-state index in [1.807, 2.05) is 17.5 Å². The number of amides is 1. The summed E-state index contributed by atoms with van der Waals surface area (Å²) in [6.07, 6.45) is 0.783. The summed E-state index contributed by atoms with van der Waals surface area (Å²) >= 11 is 1.45. The second-order valence-electron chi connectivity index (χ2n) is 9.45. The quantitative estimate of drug-likeness (QED) is 0.313. The van der Waals surface area contributed by atoms with Gasteiger partial charge in [0.1, 0.15) is 24.7 Å². The van der Waals surface area contributed by atoms with E-state index in [-0.39, 0.29) is 35.9 Å². The van der Waals surface area contributed by atoms with Crippen molar-refractivity contribution in [1.29, 1.82) is 0 Å². The number of hydrogen-bond donors (Lipinski definition) is 0. The first-order valence-corrected chi connectivity index (χ1v) is 12.7. The van der Waals surface area contributed by atoms with Gasteiger partial charge in [0.05, 0.1) is 30.2 Å². The molecule has 3 aliphatic heterocycles. The number of halogens is 2. The SMILES string of the molecule is O=C(C[N+]12CCC(CC1)C(OC(=O)N(Cc1ccc(F)cc1)c1ccccc1F)C2)c1cccs1. The normalized spacial score (nSPS) is 23.1. The lowest BCUT2D eigenvalue weighted by atomic mass is 9.83. The molecule has 1 unspecified atom stereocenters. The number of carbonyl (C=O) groups excluding carboxylic acids is 2. The van der Waals surface area contributed by atoms with E-state index in [0.29, 0.717) is 23.1 Å². The molecule has 3 aromatic rings. The van der Waals surface area contributed by atoms with Gasteiger partial charge in [0, 0.05) is 18.8 Å². The first-order chi connectivity index (χ1) is 16.9. The number of carbonyl (C=O) groups is 2. The van der Waals surface area contributed by atoms with E-state index in [4.69, 9.17) is 4.74 Å². The van der Waals surface area contributed by atoms with Crippen molar-refractivity contribution in [2.75, 3.05) is 31.1 Å². The number of fused-ring (bicyclic) bond motifs is 3. The fourth-order valence-corrected chi connectivity index (χ4v) is 5.94. The summed E-state index contributed by atoms with van der Waals surface area (Å²) in [7, 11) is 0. The van der Waals surface area contributed by atoms with E-state index >= 15 is 0 Å². The molecule has 3 aliphatic rings. The standard InChI is InChI=1S/C27H27F2N2O3S/c28-21-9-7-19(8-10-21)16-30(23-5-2-1-4-22(23)29)27(33)34-25-18-31(13-11-20(25)12-14-31)17-24(32)26-6-3-15-35-26/h1-10,15,20,25H,11-14,16-18H2/q+1. The minimum Gasteiger partial charge on any atom is -0.440 e. The molecule has 5 nitrogen and oxygen atoms in total. The monoisotopic (exact) mass is 497 g/mol. The highest BCUT2D eigenvalue weighted by atomic mass is 32.1. The van der Waals surface area contributed by atoms with Crippen LogP contribution in [0.5, 0.6) is 0 Å². The predicted octanol–water partition coefficient (Wildman–Crippen LogP) is 5.66. The number of quaternary nitrogens is 1. The van der Waals surface area contributed by atoms with E-state index < -0.39 is 11.9 Å². The van der Waals surface area contributed by atoms with Crippen molar-refractivity contribution < 1.29 is 27.6 Å². The molecule has 2 aromatic carbocycles. The molecule has 6 rings (SSSR count). The number of rotatable bonds is 7. The Morgan fingerprint density at radius 3 is 2.43 bits per heavy atom. The zero-order valence-electron chi connectivity index (χ0n) is 19.2. The Labute approximate surface area is 207 Å². The third-order valence-electron chi connectivity index (χ3n) is 7.19. The van der Waals surface area contributed by atoms with E-state index in [0.717, 1.165) is 30.8 Å². The summed E-state index contributed by atoms with van der Waals surface area (Å²) < 4.78 is 34.7. The van der Waals surface area contributed by atoms with Gasteiger partial charge in [0.25, 0.3) is 0 Å². The maximum Gasteiger partial charge on any atom is 0.415 e. The van der Waals surface area contributed by atoms with Crippen molar-refractivity contribution in [1.82, 2.24) is 0 Å². The molecule has 1 atom stereocenters. The minimum absolute atomic E-state index is 0.0499. The number of benzene rings is 2. The van der Waals surface area contributed by atoms with Crippen molar-refractivity contribution >= 4 is 28.9 Å². The number of hydrogen-bond acceptors (Lipinski definition) is 4. The maximum absolute atomic E-state index is 14.7. The van der Waals surface area contributed by atoms with Crippen LogP contribution in [0.15, 0.2) is 66.0 Å². The van der Waals surface area contributed by atoms with Gasteiger partial charge in [0.15, 0.2) is 6.10 Å². The first-order valence-electron chi connectivity index (χ1n) is 11.8. The second-order valence-corrected chi connectivity index (χ2v) is 10.4. The van der Waals surface area contributed by atoms with Crippen LogP contribution in [0.3, 0.4) is 0 Å². The fraction of sp³-hybridized carbons (Fsp3) is 0.333. The summed E-state index contributed by atoms with van der Waals surface area (Å²) in [5.74, 6) is -0.573. The third kappa shape index (κ3) is 5.13. The van der Waals surface area contributed by atoms with Crippen LogP contribution in [-0.4, -0.2) is 48.6 Å². The van der Waals surface area contributed by atoms with Crippen molar-refractivity contribution in [2.45, 2.75) is 25.5 Å². The largest absolute Gasteiger partial charge is 0.440 e. The Hall–Kier alpha value is -3.10. The molecule has 8 heteroatoms. The Morgan fingerprint density at radius 2 is 1.74 bits per heavy atom. The van der Waals surface area contributed by atoms with Crippen LogP contribution in [0.2, 0.25) is 0 Å². The van der Waals surface area contributed by atoms with Crippen molar-refractivity contribution in [3.05, 3.63) is 88.1 Å². The Balaban J connectivity index is 1.34. The van der Waals surface area contributed by atoms with Gasteiger partial charge in [-0.25, -0.2) is 13.6 Å². The zero-order valence-corrected chi connectivity index (χ0v) is 20.1. The van der Waals surface area contributed by atoms with Gasteiger partial charge in [-0.1, -0.05) is 30.3 Å². The van der Waals surface area contributed by atoms with Crippen molar-refractivity contribution in [2.24, 2.45) is 5.92 Å². The lowest BCUT2D eigenvalue weighted by molar-refractivity contribution is -0.938. The van der Waals surface area contributed by atoms with Gasteiger partial charge in [-0.05, 0) is 41.3 Å². The van der Waals surface area contributed by atoms with E-state index in [9.17, 15) is 18.4 Å². The molecule has 0 saturated carbocycles. The van der Waals surface area contributed by atoms with Crippen LogP contribution in [0.4, 0.5) is 19.3 Å². The molecule has 4 heterocycles. The molecule has 182 valence electrons. The number of piperidine rings is 3. The topological polar surface area (TPSA) is 46.6 Å². The van der Waals surface area contributed by atoms with Gasteiger partial charge >= 0.3 is 6.09 Å². The Bertz CT molecular complexity index is 1190. The summed E-state index contributed by atoms with van der Waals surface area (Å²) in [4.78, 5) is 28.3. The highest BCUT2D eigenvalue weighted by molar-refractivity contribution is 7.12. The Kier molecular flexibility index (Phi) is 6.67.